The molecule has 0 fully saturated rings. The van der Waals surface area contributed by atoms with Crippen molar-refractivity contribution in [3.8, 4) is 5.75 Å². The van der Waals surface area contributed by atoms with Crippen molar-refractivity contribution in [2.75, 3.05) is 6.54 Å². The second-order valence-electron chi connectivity index (χ2n) is 7.16. The predicted molar refractivity (Wildman–Crippen MR) is 114 cm³/mol. The van der Waals surface area contributed by atoms with E-state index in [-0.39, 0.29) is 6.04 Å². The molecule has 4 aromatic rings. The fraction of sp³-hybridized carbons (Fsp3) is 0.167. The molecule has 0 saturated carbocycles. The van der Waals surface area contributed by atoms with Crippen LogP contribution in [-0.4, -0.2) is 11.5 Å². The first kappa shape index (κ1) is 17.4. The average molecular weight is 389 g/mol. The Kier molecular flexibility index (Phi) is 4.55. The van der Waals surface area contributed by atoms with Gasteiger partial charge in [-0.15, -0.1) is 0 Å². The quantitative estimate of drug-likeness (QED) is 0.475. The highest BCUT2D eigenvalue weighted by Gasteiger charge is 2.26. The van der Waals surface area contributed by atoms with Crippen LogP contribution in [0.3, 0.4) is 0 Å². The van der Waals surface area contributed by atoms with Crippen molar-refractivity contribution >= 4 is 22.5 Å². The zero-order valence-corrected chi connectivity index (χ0v) is 16.2. The number of ether oxygens (including phenoxy) is 1. The van der Waals surface area contributed by atoms with Crippen LogP contribution in [0.5, 0.6) is 5.75 Å². The molecule has 5 rings (SSSR count). The van der Waals surface area contributed by atoms with Crippen molar-refractivity contribution in [2.45, 2.75) is 19.1 Å². The summed E-state index contributed by atoms with van der Waals surface area (Å²) in [6, 6.07) is 24.7. The lowest BCUT2D eigenvalue weighted by atomic mass is 9.94. The standard InChI is InChI=1S/C24H21ClN2O/c25-21-9-5-4-8-19(21)23-24-18(12-13-26-23)20-14-17(10-11-22(20)27-24)28-15-16-6-2-1-3-7-16/h1-11,14,23,26-27H,12-13,15H2. The zero-order valence-electron chi connectivity index (χ0n) is 15.4. The molecule has 1 aliphatic rings. The minimum absolute atomic E-state index is 0.0820. The van der Waals surface area contributed by atoms with Crippen LogP contribution < -0.4 is 10.1 Å². The summed E-state index contributed by atoms with van der Waals surface area (Å²) in [5.74, 6) is 0.894. The molecule has 0 amide bonds. The van der Waals surface area contributed by atoms with Crippen LogP contribution in [0, 0.1) is 0 Å². The number of fused-ring (bicyclic) bond motifs is 3. The molecule has 28 heavy (non-hydrogen) atoms. The van der Waals surface area contributed by atoms with Gasteiger partial charge in [0, 0.05) is 28.2 Å². The summed E-state index contributed by atoms with van der Waals surface area (Å²) in [6.45, 7) is 1.49. The Balaban J connectivity index is 1.49. The molecule has 2 heterocycles. The highest BCUT2D eigenvalue weighted by molar-refractivity contribution is 6.31. The topological polar surface area (TPSA) is 37.0 Å². The largest absolute Gasteiger partial charge is 0.489 e. The third-order valence-corrected chi connectivity index (χ3v) is 5.73. The van der Waals surface area contributed by atoms with Gasteiger partial charge in [-0.2, -0.15) is 0 Å². The molecule has 1 unspecified atom stereocenters. The second-order valence-corrected chi connectivity index (χ2v) is 7.56. The number of aromatic amines is 1. The number of H-pyrrole nitrogens is 1. The van der Waals surface area contributed by atoms with E-state index in [4.69, 9.17) is 16.3 Å². The van der Waals surface area contributed by atoms with E-state index in [9.17, 15) is 0 Å². The Morgan fingerprint density at radius 3 is 2.64 bits per heavy atom. The molecule has 3 aromatic carbocycles. The highest BCUT2D eigenvalue weighted by atomic mass is 35.5. The molecule has 1 atom stereocenters. The Morgan fingerprint density at radius 2 is 1.79 bits per heavy atom. The maximum Gasteiger partial charge on any atom is 0.120 e. The summed E-state index contributed by atoms with van der Waals surface area (Å²) in [4.78, 5) is 3.62. The van der Waals surface area contributed by atoms with Gasteiger partial charge in [0.15, 0.2) is 0 Å². The van der Waals surface area contributed by atoms with Crippen molar-refractivity contribution in [2.24, 2.45) is 0 Å². The van der Waals surface area contributed by atoms with E-state index in [0.717, 1.165) is 34.8 Å². The normalized spacial score (nSPS) is 16.1. The zero-order chi connectivity index (χ0) is 18.9. The van der Waals surface area contributed by atoms with E-state index in [0.29, 0.717) is 6.61 Å². The molecule has 140 valence electrons. The highest BCUT2D eigenvalue weighted by Crippen LogP contribution is 2.37. The van der Waals surface area contributed by atoms with Crippen LogP contribution in [0.4, 0.5) is 0 Å². The molecular formula is C24H21ClN2O. The number of hydrogen-bond acceptors (Lipinski definition) is 2. The lowest BCUT2D eigenvalue weighted by Gasteiger charge is -2.25. The molecule has 2 N–H and O–H groups in total. The maximum atomic E-state index is 6.47. The fourth-order valence-electron chi connectivity index (χ4n) is 4.01. The molecule has 0 radical (unpaired) electrons. The molecular weight excluding hydrogens is 368 g/mol. The van der Waals surface area contributed by atoms with Gasteiger partial charge < -0.3 is 15.0 Å². The molecule has 0 bridgehead atoms. The lowest BCUT2D eigenvalue weighted by molar-refractivity contribution is 0.306. The van der Waals surface area contributed by atoms with Gasteiger partial charge in [-0.3, -0.25) is 0 Å². The van der Waals surface area contributed by atoms with E-state index in [1.54, 1.807) is 0 Å². The number of hydrogen-bond donors (Lipinski definition) is 2. The third-order valence-electron chi connectivity index (χ3n) is 5.39. The minimum Gasteiger partial charge on any atom is -0.489 e. The van der Waals surface area contributed by atoms with E-state index >= 15 is 0 Å². The molecule has 4 heteroatoms. The van der Waals surface area contributed by atoms with Gasteiger partial charge in [-0.1, -0.05) is 60.1 Å². The van der Waals surface area contributed by atoms with Crippen LogP contribution in [0.1, 0.15) is 28.4 Å². The van der Waals surface area contributed by atoms with Gasteiger partial charge in [0.25, 0.3) is 0 Å². The van der Waals surface area contributed by atoms with Gasteiger partial charge in [0.05, 0.1) is 6.04 Å². The van der Waals surface area contributed by atoms with E-state index < -0.39 is 0 Å². The smallest absolute Gasteiger partial charge is 0.120 e. The lowest BCUT2D eigenvalue weighted by Crippen LogP contribution is -2.30. The number of benzene rings is 3. The van der Waals surface area contributed by atoms with E-state index in [2.05, 4.69) is 40.6 Å². The van der Waals surface area contributed by atoms with E-state index in [1.807, 2.05) is 42.5 Å². The summed E-state index contributed by atoms with van der Waals surface area (Å²) in [6.07, 6.45) is 0.985. The monoisotopic (exact) mass is 388 g/mol. The first-order valence-corrected chi connectivity index (χ1v) is 9.96. The molecule has 0 spiro atoms. The molecule has 1 aromatic heterocycles. The number of rotatable bonds is 4. The first-order chi connectivity index (χ1) is 13.8. The van der Waals surface area contributed by atoms with Gasteiger partial charge in [0.2, 0.25) is 0 Å². The van der Waals surface area contributed by atoms with Crippen LogP contribution >= 0.6 is 11.6 Å². The van der Waals surface area contributed by atoms with Gasteiger partial charge in [0.1, 0.15) is 12.4 Å². The summed E-state index contributed by atoms with van der Waals surface area (Å²) in [7, 11) is 0. The summed E-state index contributed by atoms with van der Waals surface area (Å²) >= 11 is 6.47. The number of aromatic nitrogens is 1. The number of halogens is 1. The van der Waals surface area contributed by atoms with Crippen LogP contribution in [0.25, 0.3) is 10.9 Å². The third kappa shape index (κ3) is 3.17. The first-order valence-electron chi connectivity index (χ1n) is 9.58. The summed E-state index contributed by atoms with van der Waals surface area (Å²) in [5, 5.41) is 5.63. The Bertz CT molecular complexity index is 1120. The molecule has 0 aliphatic carbocycles. The van der Waals surface area contributed by atoms with Gasteiger partial charge >= 0.3 is 0 Å². The fourth-order valence-corrected chi connectivity index (χ4v) is 4.26. The average Bonchev–Trinajstić information content (AvgIpc) is 3.12. The summed E-state index contributed by atoms with van der Waals surface area (Å²) in [5.41, 5.74) is 5.97. The Hall–Kier alpha value is -2.75. The second kappa shape index (κ2) is 7.34. The summed E-state index contributed by atoms with van der Waals surface area (Å²) < 4.78 is 6.04. The number of nitrogens with one attached hydrogen (secondary N) is 2. The van der Waals surface area contributed by atoms with Crippen molar-refractivity contribution in [3.63, 3.8) is 0 Å². The SMILES string of the molecule is Clc1ccccc1C1NCCc2c1[nH]c1ccc(OCc3ccccc3)cc21. The van der Waals surface area contributed by atoms with Crippen LogP contribution in [-0.2, 0) is 13.0 Å². The van der Waals surface area contributed by atoms with Crippen molar-refractivity contribution in [1.82, 2.24) is 10.3 Å². The minimum atomic E-state index is 0.0820. The molecule has 0 saturated heterocycles. The molecule has 1 aliphatic heterocycles. The van der Waals surface area contributed by atoms with Crippen LogP contribution in [0.2, 0.25) is 5.02 Å². The van der Waals surface area contributed by atoms with Crippen LogP contribution in [0.15, 0.2) is 72.8 Å². The maximum absolute atomic E-state index is 6.47. The molecule has 3 nitrogen and oxygen atoms in total. The van der Waals surface area contributed by atoms with Gasteiger partial charge in [-0.05, 0) is 47.4 Å². The predicted octanol–water partition coefficient (Wildman–Crippen LogP) is 5.64. The van der Waals surface area contributed by atoms with Gasteiger partial charge in [-0.25, -0.2) is 0 Å². The Morgan fingerprint density at radius 1 is 0.964 bits per heavy atom. The van der Waals surface area contributed by atoms with Crippen molar-refractivity contribution in [3.05, 3.63) is 100 Å². The van der Waals surface area contributed by atoms with Crippen molar-refractivity contribution in [1.29, 1.82) is 0 Å². The van der Waals surface area contributed by atoms with Crippen molar-refractivity contribution < 1.29 is 4.74 Å². The Labute approximate surface area is 169 Å². The van der Waals surface area contributed by atoms with E-state index in [1.165, 1.54) is 22.2 Å².